The van der Waals surface area contributed by atoms with Crippen molar-refractivity contribution in [2.75, 3.05) is 6.54 Å². The van der Waals surface area contributed by atoms with Gasteiger partial charge in [-0.25, -0.2) is 4.39 Å². The number of pyridine rings is 1. The molecule has 8 heteroatoms. The number of tetrazole rings is 1. The number of carbonyl (C=O) groups excluding carboxylic acids is 1. The average molecular weight is 366 g/mol. The van der Waals surface area contributed by atoms with Crippen LogP contribution in [0, 0.1) is 5.82 Å². The van der Waals surface area contributed by atoms with Crippen LogP contribution in [-0.4, -0.2) is 48.6 Å². The number of benzene rings is 1. The predicted molar refractivity (Wildman–Crippen MR) is 95.9 cm³/mol. The van der Waals surface area contributed by atoms with Crippen molar-refractivity contribution in [2.45, 2.75) is 31.8 Å². The van der Waals surface area contributed by atoms with Gasteiger partial charge in [-0.15, -0.1) is 10.2 Å². The summed E-state index contributed by atoms with van der Waals surface area (Å²) in [6.45, 7) is 1.13. The third kappa shape index (κ3) is 3.84. The maximum atomic E-state index is 13.8. The van der Waals surface area contributed by atoms with Crippen molar-refractivity contribution in [1.82, 2.24) is 30.1 Å². The molecule has 0 unspecified atom stereocenters. The minimum atomic E-state index is -0.348. The summed E-state index contributed by atoms with van der Waals surface area (Å²) in [6, 6.07) is 11.9. The lowest BCUT2D eigenvalue weighted by Gasteiger charge is -2.24. The van der Waals surface area contributed by atoms with E-state index in [1.807, 2.05) is 18.2 Å². The van der Waals surface area contributed by atoms with Gasteiger partial charge < -0.3 is 4.90 Å². The van der Waals surface area contributed by atoms with E-state index in [0.717, 1.165) is 12.8 Å². The molecule has 1 aliphatic rings. The van der Waals surface area contributed by atoms with Crippen molar-refractivity contribution in [2.24, 2.45) is 0 Å². The van der Waals surface area contributed by atoms with Crippen LogP contribution in [0.2, 0.25) is 0 Å². The topological polar surface area (TPSA) is 76.8 Å². The second-order valence-corrected chi connectivity index (χ2v) is 6.53. The molecule has 0 N–H and O–H groups in total. The molecule has 0 radical (unpaired) electrons. The zero-order valence-corrected chi connectivity index (χ0v) is 14.7. The first-order valence-electron chi connectivity index (χ1n) is 8.93. The number of rotatable bonds is 5. The van der Waals surface area contributed by atoms with E-state index in [1.165, 1.54) is 10.9 Å². The molecule has 1 amide bonds. The summed E-state index contributed by atoms with van der Waals surface area (Å²) in [5.41, 5.74) is 1.08. The Morgan fingerprint density at radius 3 is 2.85 bits per heavy atom. The Kier molecular flexibility index (Phi) is 4.86. The zero-order chi connectivity index (χ0) is 18.6. The number of hydrogen-bond acceptors (Lipinski definition) is 5. The third-order valence-corrected chi connectivity index (χ3v) is 4.72. The van der Waals surface area contributed by atoms with Crippen LogP contribution < -0.4 is 0 Å². The van der Waals surface area contributed by atoms with Gasteiger partial charge in [-0.2, -0.15) is 4.80 Å². The number of halogens is 1. The molecule has 0 aliphatic carbocycles. The Balaban J connectivity index is 1.44. The van der Waals surface area contributed by atoms with Gasteiger partial charge in [0.1, 0.15) is 11.5 Å². The molecule has 3 heterocycles. The first-order valence-corrected chi connectivity index (χ1v) is 8.93. The summed E-state index contributed by atoms with van der Waals surface area (Å²) >= 11 is 0. The van der Waals surface area contributed by atoms with Gasteiger partial charge in [-0.3, -0.25) is 9.78 Å². The molecule has 0 spiro atoms. The molecule has 0 saturated carbocycles. The molecule has 1 aromatic carbocycles. The lowest BCUT2D eigenvalue weighted by atomic mass is 10.1. The summed E-state index contributed by atoms with van der Waals surface area (Å²) in [5.74, 6) is 0.0324. The van der Waals surface area contributed by atoms with Gasteiger partial charge in [0.15, 0.2) is 0 Å². The first kappa shape index (κ1) is 17.3. The summed E-state index contributed by atoms with van der Waals surface area (Å²) < 4.78 is 13.8. The van der Waals surface area contributed by atoms with Gasteiger partial charge in [-0.05, 0) is 41.8 Å². The highest BCUT2D eigenvalue weighted by Gasteiger charge is 2.30. The van der Waals surface area contributed by atoms with Crippen LogP contribution in [0.5, 0.6) is 0 Å². The van der Waals surface area contributed by atoms with E-state index in [4.69, 9.17) is 0 Å². The smallest absolute Gasteiger partial charge is 0.227 e. The van der Waals surface area contributed by atoms with Gasteiger partial charge >= 0.3 is 0 Å². The SMILES string of the molecule is O=C(Cc1ccccc1F)N1CCC[C@H]1Cn1nnc(-c2ccccn2)n1. The molecular weight excluding hydrogens is 347 g/mol. The minimum Gasteiger partial charge on any atom is -0.337 e. The molecule has 1 atom stereocenters. The summed E-state index contributed by atoms with van der Waals surface area (Å²) in [6.07, 6.45) is 3.52. The molecular formula is C19H19FN6O. The Bertz CT molecular complexity index is 929. The van der Waals surface area contributed by atoms with E-state index in [0.29, 0.717) is 30.2 Å². The van der Waals surface area contributed by atoms with Gasteiger partial charge in [0.2, 0.25) is 11.7 Å². The van der Waals surface area contributed by atoms with Crippen LogP contribution >= 0.6 is 0 Å². The minimum absolute atomic E-state index is 0.0185. The normalized spacial score (nSPS) is 16.6. The summed E-state index contributed by atoms with van der Waals surface area (Å²) in [4.78, 5) is 20.2. The fourth-order valence-corrected chi connectivity index (χ4v) is 3.37. The highest BCUT2D eigenvalue weighted by molar-refractivity contribution is 5.79. The van der Waals surface area contributed by atoms with Crippen LogP contribution in [0.25, 0.3) is 11.5 Å². The number of amides is 1. The van der Waals surface area contributed by atoms with E-state index in [9.17, 15) is 9.18 Å². The largest absolute Gasteiger partial charge is 0.337 e. The van der Waals surface area contributed by atoms with E-state index in [-0.39, 0.29) is 24.2 Å². The Hall–Kier alpha value is -3.16. The van der Waals surface area contributed by atoms with E-state index >= 15 is 0 Å². The maximum Gasteiger partial charge on any atom is 0.227 e. The monoisotopic (exact) mass is 366 g/mol. The van der Waals surface area contributed by atoms with Crippen LogP contribution in [0.3, 0.4) is 0 Å². The number of likely N-dealkylation sites (tertiary alicyclic amines) is 1. The standard InChI is InChI=1S/C19H19FN6O/c20-16-8-2-1-6-14(16)12-18(27)25-11-5-7-15(25)13-26-23-19(22-24-26)17-9-3-4-10-21-17/h1-4,6,8-10,15H,5,7,11-13H2/t15-/m0/s1. The zero-order valence-electron chi connectivity index (χ0n) is 14.7. The van der Waals surface area contributed by atoms with Crippen LogP contribution in [0.1, 0.15) is 18.4 Å². The molecule has 4 rings (SSSR count). The van der Waals surface area contributed by atoms with Gasteiger partial charge in [0.25, 0.3) is 0 Å². The molecule has 2 aromatic heterocycles. The van der Waals surface area contributed by atoms with E-state index < -0.39 is 0 Å². The highest BCUT2D eigenvalue weighted by atomic mass is 19.1. The van der Waals surface area contributed by atoms with Crippen molar-refractivity contribution in [3.63, 3.8) is 0 Å². The van der Waals surface area contributed by atoms with Gasteiger partial charge in [-0.1, -0.05) is 24.3 Å². The molecule has 7 nitrogen and oxygen atoms in total. The quantitative estimate of drug-likeness (QED) is 0.691. The molecule has 3 aromatic rings. The fourth-order valence-electron chi connectivity index (χ4n) is 3.37. The van der Waals surface area contributed by atoms with E-state index in [1.54, 1.807) is 29.3 Å². The van der Waals surface area contributed by atoms with Crippen molar-refractivity contribution in [1.29, 1.82) is 0 Å². The Labute approximate surface area is 155 Å². The lowest BCUT2D eigenvalue weighted by molar-refractivity contribution is -0.131. The summed E-state index contributed by atoms with van der Waals surface area (Å²) in [7, 11) is 0. The Morgan fingerprint density at radius 1 is 1.19 bits per heavy atom. The van der Waals surface area contributed by atoms with Crippen molar-refractivity contribution < 1.29 is 9.18 Å². The number of aromatic nitrogens is 5. The second kappa shape index (κ2) is 7.61. The number of nitrogens with zero attached hydrogens (tertiary/aromatic N) is 6. The molecule has 1 saturated heterocycles. The Morgan fingerprint density at radius 2 is 2.04 bits per heavy atom. The maximum absolute atomic E-state index is 13.8. The number of carbonyl (C=O) groups is 1. The lowest BCUT2D eigenvalue weighted by Crippen LogP contribution is -2.39. The van der Waals surface area contributed by atoms with Crippen molar-refractivity contribution in [3.05, 3.63) is 60.0 Å². The number of hydrogen-bond donors (Lipinski definition) is 0. The first-order chi connectivity index (χ1) is 13.2. The van der Waals surface area contributed by atoms with Crippen LogP contribution in [-0.2, 0) is 17.8 Å². The second-order valence-electron chi connectivity index (χ2n) is 6.53. The average Bonchev–Trinajstić information content (AvgIpc) is 3.34. The summed E-state index contributed by atoms with van der Waals surface area (Å²) in [5, 5.41) is 12.5. The molecule has 1 fully saturated rings. The van der Waals surface area contributed by atoms with Crippen molar-refractivity contribution in [3.8, 4) is 11.5 Å². The predicted octanol–water partition coefficient (Wildman–Crippen LogP) is 2.11. The van der Waals surface area contributed by atoms with Crippen LogP contribution in [0.4, 0.5) is 4.39 Å². The highest BCUT2D eigenvalue weighted by Crippen LogP contribution is 2.21. The van der Waals surface area contributed by atoms with Gasteiger partial charge in [0.05, 0.1) is 19.0 Å². The third-order valence-electron chi connectivity index (χ3n) is 4.72. The molecule has 27 heavy (non-hydrogen) atoms. The molecule has 0 bridgehead atoms. The van der Waals surface area contributed by atoms with Crippen LogP contribution in [0.15, 0.2) is 48.7 Å². The molecule has 1 aliphatic heterocycles. The van der Waals surface area contributed by atoms with Crippen molar-refractivity contribution >= 4 is 5.91 Å². The fraction of sp³-hybridized carbons (Fsp3) is 0.316. The molecule has 138 valence electrons. The van der Waals surface area contributed by atoms with E-state index in [2.05, 4.69) is 20.4 Å². The van der Waals surface area contributed by atoms with Gasteiger partial charge in [0, 0.05) is 12.7 Å².